The van der Waals surface area contributed by atoms with Gasteiger partial charge in [0, 0.05) is 29.4 Å². The first kappa shape index (κ1) is 25.8. The van der Waals surface area contributed by atoms with Gasteiger partial charge < -0.3 is 10.6 Å². The van der Waals surface area contributed by atoms with Crippen molar-refractivity contribution in [2.24, 2.45) is 10.4 Å². The van der Waals surface area contributed by atoms with Crippen molar-refractivity contribution in [2.45, 2.75) is 33.7 Å². The molecule has 0 unspecified atom stereocenters. The van der Waals surface area contributed by atoms with Crippen LogP contribution in [-0.4, -0.2) is 39.5 Å². The van der Waals surface area contributed by atoms with Crippen LogP contribution in [0, 0.1) is 5.41 Å². The van der Waals surface area contributed by atoms with E-state index in [1.807, 2.05) is 26.8 Å². The van der Waals surface area contributed by atoms with Crippen LogP contribution in [-0.2, 0) is 16.4 Å². The number of rotatable bonds is 8. The molecule has 1 aromatic carbocycles. The van der Waals surface area contributed by atoms with Crippen LogP contribution in [0.2, 0.25) is 10.0 Å². The number of hydrogen-bond donors (Lipinski definition) is 2. The fourth-order valence-electron chi connectivity index (χ4n) is 2.03. The Labute approximate surface area is 184 Å². The molecule has 0 aliphatic rings. The molecule has 1 aromatic rings. The second-order valence-electron chi connectivity index (χ2n) is 6.83. The normalized spacial score (nSPS) is 12.5. The number of halogens is 3. The highest BCUT2D eigenvalue weighted by Gasteiger charge is 2.20. The lowest BCUT2D eigenvalue weighted by Gasteiger charge is -2.25. The summed E-state index contributed by atoms with van der Waals surface area (Å²) in [5, 5.41) is 7.63. The summed E-state index contributed by atoms with van der Waals surface area (Å²) in [6.07, 6.45) is 1.85. The molecule has 0 aliphatic carbocycles. The van der Waals surface area contributed by atoms with Crippen molar-refractivity contribution in [3.63, 3.8) is 0 Å². The van der Waals surface area contributed by atoms with E-state index < -0.39 is 9.84 Å². The van der Waals surface area contributed by atoms with Crippen molar-refractivity contribution in [3.05, 3.63) is 33.8 Å². The second-order valence-corrected chi connectivity index (χ2v) is 9.93. The number of sulfone groups is 1. The number of nitrogens with one attached hydrogen (secondary N) is 2. The maximum absolute atomic E-state index is 11.4. The highest BCUT2D eigenvalue weighted by Crippen LogP contribution is 2.22. The molecular weight excluding hydrogens is 508 g/mol. The van der Waals surface area contributed by atoms with E-state index in [0.717, 1.165) is 12.1 Å². The highest BCUT2D eigenvalue weighted by molar-refractivity contribution is 14.0. The van der Waals surface area contributed by atoms with E-state index in [9.17, 15) is 8.42 Å². The molecule has 0 saturated heterocycles. The third-order valence-electron chi connectivity index (χ3n) is 3.65. The Kier molecular flexibility index (Phi) is 11.4. The largest absolute Gasteiger partial charge is 0.357 e. The van der Waals surface area contributed by atoms with E-state index in [1.165, 1.54) is 6.26 Å². The number of benzene rings is 1. The molecule has 1 rings (SSSR count). The lowest BCUT2D eigenvalue weighted by atomic mass is 9.90. The maximum Gasteiger partial charge on any atom is 0.191 e. The Bertz CT molecular complexity index is 710. The number of nitrogens with zero attached hydrogens (tertiary/aromatic N) is 1. The van der Waals surface area contributed by atoms with Crippen LogP contribution in [0.15, 0.2) is 23.2 Å². The minimum absolute atomic E-state index is 0. The molecular formula is C17H28Cl2IN3O2S. The Morgan fingerprint density at radius 3 is 2.42 bits per heavy atom. The molecule has 0 radical (unpaired) electrons. The fourth-order valence-corrected chi connectivity index (χ4v) is 3.42. The predicted octanol–water partition coefficient (Wildman–Crippen LogP) is 4.13. The minimum Gasteiger partial charge on any atom is -0.357 e. The van der Waals surface area contributed by atoms with Crippen molar-refractivity contribution in [1.29, 1.82) is 0 Å². The molecule has 150 valence electrons. The average Bonchev–Trinajstić information content (AvgIpc) is 2.49. The number of aliphatic imine (C=N–C) groups is 1. The van der Waals surface area contributed by atoms with E-state index in [4.69, 9.17) is 23.2 Å². The Balaban J connectivity index is 0.00000625. The molecule has 0 saturated carbocycles. The predicted molar refractivity (Wildman–Crippen MR) is 123 cm³/mol. The smallest absolute Gasteiger partial charge is 0.191 e. The van der Waals surface area contributed by atoms with Crippen LogP contribution in [0.4, 0.5) is 0 Å². The SMILES string of the molecule is CCNC(=NCc1ccc(Cl)cc1Cl)NCC(C)(C)CCS(C)(=O)=O.I. The van der Waals surface area contributed by atoms with E-state index >= 15 is 0 Å². The summed E-state index contributed by atoms with van der Waals surface area (Å²) in [5.74, 6) is 0.844. The summed E-state index contributed by atoms with van der Waals surface area (Å²) in [6.45, 7) is 7.82. The molecule has 0 spiro atoms. The minimum atomic E-state index is -2.96. The molecule has 26 heavy (non-hydrogen) atoms. The Hall–Kier alpha value is -0.250. The summed E-state index contributed by atoms with van der Waals surface area (Å²) >= 11 is 12.1. The maximum atomic E-state index is 11.4. The van der Waals surface area contributed by atoms with Gasteiger partial charge in [-0.3, -0.25) is 0 Å². The molecule has 0 amide bonds. The van der Waals surface area contributed by atoms with Crippen molar-refractivity contribution in [2.75, 3.05) is 25.1 Å². The topological polar surface area (TPSA) is 70.6 Å². The van der Waals surface area contributed by atoms with Crippen molar-refractivity contribution in [3.8, 4) is 0 Å². The van der Waals surface area contributed by atoms with Crippen LogP contribution in [0.1, 0.15) is 32.8 Å². The first-order valence-electron chi connectivity index (χ1n) is 8.16. The molecule has 9 heteroatoms. The van der Waals surface area contributed by atoms with Crippen molar-refractivity contribution in [1.82, 2.24) is 10.6 Å². The second kappa shape index (κ2) is 11.6. The summed E-state index contributed by atoms with van der Waals surface area (Å²) in [7, 11) is -2.96. The molecule has 2 N–H and O–H groups in total. The van der Waals surface area contributed by atoms with Gasteiger partial charge in [-0.05, 0) is 36.5 Å². The van der Waals surface area contributed by atoms with Gasteiger partial charge in [0.1, 0.15) is 9.84 Å². The van der Waals surface area contributed by atoms with E-state index in [2.05, 4.69) is 15.6 Å². The first-order chi connectivity index (χ1) is 11.5. The van der Waals surface area contributed by atoms with E-state index in [0.29, 0.717) is 35.5 Å². The molecule has 0 aromatic heterocycles. The number of guanidine groups is 1. The van der Waals surface area contributed by atoms with Gasteiger partial charge in [0.2, 0.25) is 0 Å². The van der Waals surface area contributed by atoms with Crippen LogP contribution in [0.5, 0.6) is 0 Å². The van der Waals surface area contributed by atoms with E-state index in [-0.39, 0.29) is 35.1 Å². The molecule has 0 atom stereocenters. The summed E-state index contributed by atoms with van der Waals surface area (Å²) in [5.41, 5.74) is 0.719. The molecule has 0 bridgehead atoms. The molecule has 0 heterocycles. The lowest BCUT2D eigenvalue weighted by Crippen LogP contribution is -2.42. The third kappa shape index (κ3) is 10.8. The molecule has 5 nitrogen and oxygen atoms in total. The monoisotopic (exact) mass is 535 g/mol. The van der Waals surface area contributed by atoms with Gasteiger partial charge in [-0.15, -0.1) is 24.0 Å². The van der Waals surface area contributed by atoms with Gasteiger partial charge >= 0.3 is 0 Å². The summed E-state index contributed by atoms with van der Waals surface area (Å²) in [4.78, 5) is 4.53. The number of hydrogen-bond acceptors (Lipinski definition) is 3. The quantitative estimate of drug-likeness (QED) is 0.298. The highest BCUT2D eigenvalue weighted by atomic mass is 127. The molecule has 0 fully saturated rings. The lowest BCUT2D eigenvalue weighted by molar-refractivity contribution is 0.348. The zero-order valence-electron chi connectivity index (χ0n) is 15.6. The Morgan fingerprint density at radius 1 is 1.23 bits per heavy atom. The summed E-state index contributed by atoms with van der Waals surface area (Å²) < 4.78 is 22.7. The van der Waals surface area contributed by atoms with Gasteiger partial charge in [0.15, 0.2) is 5.96 Å². The fraction of sp³-hybridized carbons (Fsp3) is 0.588. The van der Waals surface area contributed by atoms with Crippen molar-refractivity contribution < 1.29 is 8.42 Å². The van der Waals surface area contributed by atoms with E-state index in [1.54, 1.807) is 12.1 Å². The first-order valence-corrected chi connectivity index (χ1v) is 11.0. The van der Waals surface area contributed by atoms with Crippen LogP contribution in [0.3, 0.4) is 0 Å². The van der Waals surface area contributed by atoms with Crippen LogP contribution >= 0.6 is 47.2 Å². The average molecular weight is 536 g/mol. The standard InChI is InChI=1S/C17H27Cl2N3O2S.HI/c1-5-20-16(21-11-13-6-7-14(18)10-15(13)19)22-12-17(2,3)8-9-25(4,23)24;/h6-7,10H,5,8-9,11-12H2,1-4H3,(H2,20,21,22);1H. The molecule has 0 aliphatic heterocycles. The summed E-state index contributed by atoms with van der Waals surface area (Å²) in [6, 6.07) is 5.34. The van der Waals surface area contributed by atoms with Gasteiger partial charge in [-0.1, -0.05) is 43.1 Å². The van der Waals surface area contributed by atoms with Gasteiger partial charge in [-0.2, -0.15) is 0 Å². The third-order valence-corrected chi connectivity index (χ3v) is 5.18. The van der Waals surface area contributed by atoms with Crippen LogP contribution < -0.4 is 10.6 Å². The van der Waals surface area contributed by atoms with Gasteiger partial charge in [0.25, 0.3) is 0 Å². The van der Waals surface area contributed by atoms with Crippen molar-refractivity contribution >= 4 is 63.0 Å². The zero-order valence-corrected chi connectivity index (χ0v) is 20.3. The van der Waals surface area contributed by atoms with Crippen LogP contribution in [0.25, 0.3) is 0 Å². The Morgan fingerprint density at radius 2 is 1.88 bits per heavy atom. The van der Waals surface area contributed by atoms with Gasteiger partial charge in [0.05, 0.1) is 12.3 Å². The zero-order chi connectivity index (χ0) is 19.1. The van der Waals surface area contributed by atoms with Gasteiger partial charge in [-0.25, -0.2) is 13.4 Å².